The Morgan fingerprint density at radius 2 is 2.35 bits per heavy atom. The Hall–Kier alpha value is -1.12. The Bertz CT molecular complexity index is 498. The van der Waals surface area contributed by atoms with Gasteiger partial charge in [0.2, 0.25) is 10.0 Å². The molecule has 7 nitrogen and oxygen atoms in total. The van der Waals surface area contributed by atoms with E-state index in [0.29, 0.717) is 13.0 Å². The summed E-state index contributed by atoms with van der Waals surface area (Å²) in [5.74, 6) is 0.0587. The van der Waals surface area contributed by atoms with E-state index in [4.69, 9.17) is 10.5 Å². The fourth-order valence-electron chi connectivity index (χ4n) is 2.02. The van der Waals surface area contributed by atoms with Crippen LogP contribution >= 0.6 is 0 Å². The topological polar surface area (TPSA) is 101 Å². The second-order valence-electron chi connectivity index (χ2n) is 4.10. The lowest BCUT2D eigenvalue weighted by Crippen LogP contribution is -2.41. The lowest BCUT2D eigenvalue weighted by atomic mass is 10.2. The number of H-pyrrole nitrogens is 1. The van der Waals surface area contributed by atoms with E-state index >= 15 is 0 Å². The Labute approximate surface area is 100.0 Å². The van der Waals surface area contributed by atoms with Crippen LogP contribution in [0, 0.1) is 0 Å². The predicted octanol–water partition coefficient (Wildman–Crippen LogP) is -0.210. The van der Waals surface area contributed by atoms with E-state index in [1.165, 1.54) is 17.5 Å². The molecule has 0 aromatic carbocycles. The first-order chi connectivity index (χ1) is 7.94. The number of nitrogens with zero attached hydrogens (tertiary/aromatic N) is 2. The molecule has 2 unspecified atom stereocenters. The molecule has 0 amide bonds. The van der Waals surface area contributed by atoms with Gasteiger partial charge in [-0.3, -0.25) is 5.10 Å². The van der Waals surface area contributed by atoms with Crippen molar-refractivity contribution in [1.29, 1.82) is 0 Å². The summed E-state index contributed by atoms with van der Waals surface area (Å²) in [6, 6.07) is -0.158. The summed E-state index contributed by atoms with van der Waals surface area (Å²) in [6.45, 7) is 2.44. The quantitative estimate of drug-likeness (QED) is 0.783. The average Bonchev–Trinajstić information content (AvgIpc) is 2.86. The average molecular weight is 260 g/mol. The van der Waals surface area contributed by atoms with Crippen LogP contribution in [0.4, 0.5) is 5.82 Å². The molecule has 2 atom stereocenters. The molecule has 17 heavy (non-hydrogen) atoms. The summed E-state index contributed by atoms with van der Waals surface area (Å²) < 4.78 is 31.2. The third-order valence-corrected chi connectivity index (χ3v) is 5.00. The van der Waals surface area contributed by atoms with Gasteiger partial charge in [0, 0.05) is 13.7 Å². The summed E-state index contributed by atoms with van der Waals surface area (Å²) >= 11 is 0. The minimum absolute atomic E-state index is 0.0131. The van der Waals surface area contributed by atoms with Gasteiger partial charge in [-0.05, 0) is 13.3 Å². The summed E-state index contributed by atoms with van der Waals surface area (Å²) in [5, 5.41) is 6.05. The van der Waals surface area contributed by atoms with Crippen LogP contribution in [0.5, 0.6) is 0 Å². The van der Waals surface area contributed by atoms with E-state index < -0.39 is 10.0 Å². The molecule has 2 heterocycles. The van der Waals surface area contributed by atoms with Crippen molar-refractivity contribution in [3.05, 3.63) is 6.20 Å². The van der Waals surface area contributed by atoms with Crippen LogP contribution in [0.1, 0.15) is 13.3 Å². The van der Waals surface area contributed by atoms with Crippen LogP contribution in [0.2, 0.25) is 0 Å². The van der Waals surface area contributed by atoms with Crippen LogP contribution in [-0.2, 0) is 14.8 Å². The minimum atomic E-state index is -3.61. The Morgan fingerprint density at radius 1 is 1.65 bits per heavy atom. The standard InChI is InChI=1S/C9H16N4O3S/c1-6-7(3-4-16-6)13(2)17(14,15)8-5-11-12-9(8)10/h5-7H,3-4H2,1-2H3,(H3,10,11,12). The molecule has 8 heteroatoms. The van der Waals surface area contributed by atoms with Gasteiger partial charge in [0.25, 0.3) is 0 Å². The Kier molecular flexibility index (Phi) is 3.11. The normalized spacial score (nSPS) is 25.6. The van der Waals surface area contributed by atoms with Gasteiger partial charge in [-0.15, -0.1) is 0 Å². The number of aromatic nitrogens is 2. The number of nitrogen functional groups attached to an aromatic ring is 1. The molecule has 3 N–H and O–H groups in total. The van der Waals surface area contributed by atoms with Crippen molar-refractivity contribution in [2.75, 3.05) is 19.4 Å². The zero-order valence-electron chi connectivity index (χ0n) is 9.75. The molecule has 1 aliphatic heterocycles. The van der Waals surface area contributed by atoms with Crippen molar-refractivity contribution in [3.8, 4) is 0 Å². The third kappa shape index (κ3) is 2.03. The smallest absolute Gasteiger partial charge is 0.248 e. The molecule has 0 bridgehead atoms. The lowest BCUT2D eigenvalue weighted by molar-refractivity contribution is 0.102. The van der Waals surface area contributed by atoms with Gasteiger partial charge in [0.15, 0.2) is 0 Å². The Balaban J connectivity index is 2.30. The van der Waals surface area contributed by atoms with Gasteiger partial charge < -0.3 is 10.5 Å². The molecule has 0 spiro atoms. The van der Waals surface area contributed by atoms with Gasteiger partial charge in [-0.25, -0.2) is 8.42 Å². The largest absolute Gasteiger partial charge is 0.383 e. The zero-order chi connectivity index (χ0) is 12.6. The van der Waals surface area contributed by atoms with E-state index in [-0.39, 0.29) is 22.9 Å². The first kappa shape index (κ1) is 12.3. The predicted molar refractivity (Wildman–Crippen MR) is 61.8 cm³/mol. The second-order valence-corrected chi connectivity index (χ2v) is 6.07. The van der Waals surface area contributed by atoms with Gasteiger partial charge in [0.05, 0.1) is 18.3 Å². The maximum absolute atomic E-state index is 12.3. The number of nitrogens with two attached hydrogens (primary N) is 1. The molecule has 96 valence electrons. The van der Waals surface area contributed by atoms with E-state index in [0.717, 1.165) is 0 Å². The molecule has 1 fully saturated rings. The molecule has 0 aliphatic carbocycles. The third-order valence-electron chi connectivity index (χ3n) is 3.09. The van der Waals surface area contributed by atoms with Gasteiger partial charge >= 0.3 is 0 Å². The van der Waals surface area contributed by atoms with E-state index in [1.807, 2.05) is 6.92 Å². The van der Waals surface area contributed by atoms with Crippen molar-refractivity contribution in [2.24, 2.45) is 0 Å². The SMILES string of the molecule is CC1OCCC1N(C)S(=O)(=O)c1cn[nH]c1N. The molecule has 2 rings (SSSR count). The number of sulfonamides is 1. The molecule has 1 aliphatic rings. The first-order valence-corrected chi connectivity index (χ1v) is 6.77. The fourth-order valence-corrected chi connectivity index (χ4v) is 3.47. The van der Waals surface area contributed by atoms with Crippen LogP contribution in [0.25, 0.3) is 0 Å². The van der Waals surface area contributed by atoms with E-state index in [2.05, 4.69) is 10.2 Å². The number of anilines is 1. The highest BCUT2D eigenvalue weighted by Gasteiger charge is 2.36. The maximum Gasteiger partial charge on any atom is 0.248 e. The molecule has 1 aromatic heterocycles. The summed E-state index contributed by atoms with van der Waals surface area (Å²) in [7, 11) is -2.07. The van der Waals surface area contributed by atoms with Crippen molar-refractivity contribution < 1.29 is 13.2 Å². The van der Waals surface area contributed by atoms with Crippen molar-refractivity contribution in [3.63, 3.8) is 0 Å². The minimum Gasteiger partial charge on any atom is -0.383 e. The molecule has 0 saturated carbocycles. The maximum atomic E-state index is 12.3. The molecule has 1 aromatic rings. The number of hydrogen-bond acceptors (Lipinski definition) is 5. The Morgan fingerprint density at radius 3 is 2.82 bits per heavy atom. The summed E-state index contributed by atoms with van der Waals surface area (Å²) in [4.78, 5) is 0.0131. The summed E-state index contributed by atoms with van der Waals surface area (Å²) in [5.41, 5.74) is 5.54. The molecular formula is C9H16N4O3S. The molecular weight excluding hydrogens is 244 g/mol. The highest BCUT2D eigenvalue weighted by molar-refractivity contribution is 7.89. The van der Waals surface area contributed by atoms with Gasteiger partial charge in [-0.1, -0.05) is 0 Å². The number of rotatable bonds is 3. The number of aromatic amines is 1. The number of hydrogen-bond donors (Lipinski definition) is 2. The van der Waals surface area contributed by atoms with Crippen LogP contribution in [0.3, 0.4) is 0 Å². The van der Waals surface area contributed by atoms with Crippen LogP contribution in [0.15, 0.2) is 11.1 Å². The number of likely N-dealkylation sites (N-methyl/N-ethyl adjacent to an activating group) is 1. The van der Waals surface area contributed by atoms with Crippen LogP contribution in [-0.4, -0.2) is 48.7 Å². The zero-order valence-corrected chi connectivity index (χ0v) is 10.6. The van der Waals surface area contributed by atoms with E-state index in [9.17, 15) is 8.42 Å². The summed E-state index contributed by atoms with van der Waals surface area (Å²) in [6.07, 6.45) is 1.80. The molecule has 1 saturated heterocycles. The second kappa shape index (κ2) is 4.28. The monoisotopic (exact) mass is 260 g/mol. The molecule has 0 radical (unpaired) electrons. The fraction of sp³-hybridized carbons (Fsp3) is 0.667. The highest BCUT2D eigenvalue weighted by atomic mass is 32.2. The number of ether oxygens (including phenoxy) is 1. The van der Waals surface area contributed by atoms with Crippen molar-refractivity contribution >= 4 is 15.8 Å². The van der Waals surface area contributed by atoms with E-state index in [1.54, 1.807) is 0 Å². The highest BCUT2D eigenvalue weighted by Crippen LogP contribution is 2.26. The van der Waals surface area contributed by atoms with Crippen LogP contribution < -0.4 is 5.73 Å². The van der Waals surface area contributed by atoms with Gasteiger partial charge in [0.1, 0.15) is 10.7 Å². The van der Waals surface area contributed by atoms with Crippen molar-refractivity contribution in [1.82, 2.24) is 14.5 Å². The lowest BCUT2D eigenvalue weighted by Gasteiger charge is -2.25. The number of nitrogens with one attached hydrogen (secondary N) is 1. The van der Waals surface area contributed by atoms with Crippen molar-refractivity contribution in [2.45, 2.75) is 30.4 Å². The first-order valence-electron chi connectivity index (χ1n) is 5.33. The van der Waals surface area contributed by atoms with Gasteiger partial charge in [-0.2, -0.15) is 9.40 Å².